The van der Waals surface area contributed by atoms with Crippen molar-refractivity contribution in [1.29, 1.82) is 0 Å². The van der Waals surface area contributed by atoms with Crippen LogP contribution < -0.4 is 21.5 Å². The number of primary amides is 1. The molecule has 0 aromatic heterocycles. The summed E-state index contributed by atoms with van der Waals surface area (Å²) in [6, 6.07) is 3.60. The quantitative estimate of drug-likeness (QED) is 0.432. The maximum atomic E-state index is 12.0. The van der Waals surface area contributed by atoms with E-state index in [4.69, 9.17) is 23.1 Å². The summed E-state index contributed by atoms with van der Waals surface area (Å²) in [6.07, 6.45) is 0. The summed E-state index contributed by atoms with van der Waals surface area (Å²) in [4.78, 5) is 10.4. The molecule has 0 aliphatic carbocycles. The molecule has 1 aromatic carbocycles. The SMILES string of the molecule is NCC#Cc1ccc(S(=O)(=O)NCCNC(N)=O)c(Cl)c1. The highest BCUT2D eigenvalue weighted by Gasteiger charge is 2.17. The number of hydrogen-bond acceptors (Lipinski definition) is 4. The number of halogens is 1. The molecule has 114 valence electrons. The molecule has 0 atom stereocenters. The van der Waals surface area contributed by atoms with E-state index < -0.39 is 16.1 Å². The van der Waals surface area contributed by atoms with Crippen LogP contribution in [0.5, 0.6) is 0 Å². The Morgan fingerprint density at radius 2 is 2.05 bits per heavy atom. The standard InChI is InChI=1S/C12H15ClN4O3S/c13-10-8-9(2-1-5-14)3-4-11(10)21(19,20)17-7-6-16-12(15)18/h3-4,8,17H,5-7,14H2,(H3,15,16,18). The van der Waals surface area contributed by atoms with Gasteiger partial charge in [-0.1, -0.05) is 23.4 Å². The van der Waals surface area contributed by atoms with Crippen molar-refractivity contribution in [2.45, 2.75) is 4.90 Å². The van der Waals surface area contributed by atoms with E-state index in [1.807, 2.05) is 0 Å². The van der Waals surface area contributed by atoms with Crippen LogP contribution in [-0.2, 0) is 10.0 Å². The van der Waals surface area contributed by atoms with Gasteiger partial charge in [0.2, 0.25) is 10.0 Å². The minimum Gasteiger partial charge on any atom is -0.352 e. The smallest absolute Gasteiger partial charge is 0.312 e. The summed E-state index contributed by atoms with van der Waals surface area (Å²) in [5, 5.41) is 2.32. The Morgan fingerprint density at radius 3 is 2.62 bits per heavy atom. The fourth-order valence-electron chi connectivity index (χ4n) is 1.40. The molecule has 7 nitrogen and oxygen atoms in total. The van der Waals surface area contributed by atoms with Gasteiger partial charge in [-0.25, -0.2) is 17.9 Å². The molecule has 1 rings (SSSR count). The summed E-state index contributed by atoms with van der Waals surface area (Å²) < 4.78 is 26.4. The van der Waals surface area contributed by atoms with Crippen molar-refractivity contribution in [1.82, 2.24) is 10.0 Å². The molecule has 0 aliphatic rings. The second kappa shape index (κ2) is 7.85. The minimum absolute atomic E-state index is 0.00364. The Labute approximate surface area is 128 Å². The fraction of sp³-hybridized carbons (Fsp3) is 0.250. The number of carbonyl (C=O) groups excluding carboxylic acids is 1. The molecule has 21 heavy (non-hydrogen) atoms. The number of rotatable bonds is 5. The van der Waals surface area contributed by atoms with Crippen LogP contribution in [0.3, 0.4) is 0 Å². The number of hydrogen-bond donors (Lipinski definition) is 4. The molecule has 0 heterocycles. The van der Waals surface area contributed by atoms with Crippen molar-refractivity contribution in [2.24, 2.45) is 11.5 Å². The number of nitrogens with one attached hydrogen (secondary N) is 2. The number of carbonyl (C=O) groups is 1. The van der Waals surface area contributed by atoms with E-state index in [1.165, 1.54) is 18.2 Å². The van der Waals surface area contributed by atoms with Crippen LogP contribution in [0.15, 0.2) is 23.1 Å². The summed E-state index contributed by atoms with van der Waals surface area (Å²) in [5.74, 6) is 5.40. The van der Waals surface area contributed by atoms with E-state index in [0.29, 0.717) is 5.56 Å². The number of amides is 2. The van der Waals surface area contributed by atoms with Gasteiger partial charge in [0, 0.05) is 18.7 Å². The molecule has 0 saturated carbocycles. The predicted molar refractivity (Wildman–Crippen MR) is 80.2 cm³/mol. The average molecular weight is 331 g/mol. The van der Waals surface area contributed by atoms with E-state index >= 15 is 0 Å². The maximum Gasteiger partial charge on any atom is 0.312 e. The van der Waals surface area contributed by atoms with Crippen LogP contribution in [0.4, 0.5) is 4.79 Å². The van der Waals surface area contributed by atoms with Gasteiger partial charge in [0.05, 0.1) is 11.6 Å². The van der Waals surface area contributed by atoms with E-state index in [0.717, 1.165) is 0 Å². The maximum absolute atomic E-state index is 12.0. The van der Waals surface area contributed by atoms with Crippen molar-refractivity contribution in [3.8, 4) is 11.8 Å². The first-order chi connectivity index (χ1) is 9.86. The van der Waals surface area contributed by atoms with Gasteiger partial charge >= 0.3 is 6.03 Å². The molecular formula is C12H15ClN4O3S. The third-order valence-corrected chi connectivity index (χ3v) is 4.22. The lowest BCUT2D eigenvalue weighted by molar-refractivity contribution is 0.249. The Balaban J connectivity index is 2.81. The molecule has 0 radical (unpaired) electrons. The van der Waals surface area contributed by atoms with Crippen molar-refractivity contribution >= 4 is 27.7 Å². The van der Waals surface area contributed by atoms with E-state index in [9.17, 15) is 13.2 Å². The lowest BCUT2D eigenvalue weighted by Gasteiger charge is -2.08. The van der Waals surface area contributed by atoms with Crippen molar-refractivity contribution in [3.05, 3.63) is 28.8 Å². The molecule has 9 heteroatoms. The highest BCUT2D eigenvalue weighted by molar-refractivity contribution is 7.89. The molecular weight excluding hydrogens is 316 g/mol. The van der Waals surface area contributed by atoms with Crippen LogP contribution in [0.2, 0.25) is 5.02 Å². The van der Waals surface area contributed by atoms with E-state index in [2.05, 4.69) is 21.9 Å². The van der Waals surface area contributed by atoms with Gasteiger partial charge in [0.15, 0.2) is 0 Å². The molecule has 0 saturated heterocycles. The number of sulfonamides is 1. The highest BCUT2D eigenvalue weighted by atomic mass is 35.5. The number of benzene rings is 1. The normalized spacial score (nSPS) is 10.6. The second-order valence-electron chi connectivity index (χ2n) is 3.84. The third kappa shape index (κ3) is 5.61. The van der Waals surface area contributed by atoms with E-state index in [-0.39, 0.29) is 29.6 Å². The first kappa shape index (κ1) is 17.3. The zero-order valence-corrected chi connectivity index (χ0v) is 12.6. The largest absolute Gasteiger partial charge is 0.352 e. The molecule has 6 N–H and O–H groups in total. The van der Waals surface area contributed by atoms with Crippen LogP contribution in [0.25, 0.3) is 0 Å². The lowest BCUT2D eigenvalue weighted by atomic mass is 10.2. The van der Waals surface area contributed by atoms with E-state index in [1.54, 1.807) is 0 Å². The summed E-state index contributed by atoms with van der Waals surface area (Å²) in [7, 11) is -3.77. The average Bonchev–Trinajstić information content (AvgIpc) is 2.41. The van der Waals surface area contributed by atoms with Gasteiger partial charge in [0.1, 0.15) is 4.90 Å². The van der Waals surface area contributed by atoms with Gasteiger partial charge in [-0.2, -0.15) is 0 Å². The van der Waals surface area contributed by atoms with Crippen molar-refractivity contribution in [2.75, 3.05) is 19.6 Å². The van der Waals surface area contributed by atoms with Crippen LogP contribution in [-0.4, -0.2) is 34.1 Å². The van der Waals surface area contributed by atoms with Gasteiger partial charge in [-0.05, 0) is 18.2 Å². The molecule has 0 aliphatic heterocycles. The molecule has 2 amide bonds. The van der Waals surface area contributed by atoms with Crippen molar-refractivity contribution < 1.29 is 13.2 Å². The highest BCUT2D eigenvalue weighted by Crippen LogP contribution is 2.22. The first-order valence-corrected chi connectivity index (χ1v) is 7.74. The summed E-state index contributed by atoms with van der Waals surface area (Å²) in [5.41, 5.74) is 10.7. The van der Waals surface area contributed by atoms with Gasteiger partial charge in [-0.3, -0.25) is 0 Å². The lowest BCUT2D eigenvalue weighted by Crippen LogP contribution is -2.37. The van der Waals surface area contributed by atoms with Gasteiger partial charge in [-0.15, -0.1) is 0 Å². The topological polar surface area (TPSA) is 127 Å². The first-order valence-electron chi connectivity index (χ1n) is 5.88. The second-order valence-corrected chi connectivity index (χ2v) is 5.98. The predicted octanol–water partition coefficient (Wildman–Crippen LogP) is -0.403. The van der Waals surface area contributed by atoms with Crippen molar-refractivity contribution in [3.63, 3.8) is 0 Å². The minimum atomic E-state index is -3.77. The zero-order chi connectivity index (χ0) is 15.9. The molecule has 0 unspecified atom stereocenters. The summed E-state index contributed by atoms with van der Waals surface area (Å²) >= 11 is 5.95. The van der Waals surface area contributed by atoms with Crippen LogP contribution >= 0.6 is 11.6 Å². The Kier molecular flexibility index (Phi) is 6.45. The fourth-order valence-corrected chi connectivity index (χ4v) is 2.97. The monoisotopic (exact) mass is 330 g/mol. The number of nitrogens with two attached hydrogens (primary N) is 2. The van der Waals surface area contributed by atoms with Gasteiger partial charge < -0.3 is 16.8 Å². The number of urea groups is 1. The van der Waals surface area contributed by atoms with Crippen LogP contribution in [0, 0.1) is 11.8 Å². The molecule has 0 spiro atoms. The van der Waals surface area contributed by atoms with Gasteiger partial charge in [0.25, 0.3) is 0 Å². The molecule has 0 fully saturated rings. The Hall–Kier alpha value is -1.79. The molecule has 0 bridgehead atoms. The zero-order valence-electron chi connectivity index (χ0n) is 11.0. The summed E-state index contributed by atoms with van der Waals surface area (Å²) in [6.45, 7) is 0.272. The molecule has 1 aromatic rings. The van der Waals surface area contributed by atoms with Crippen LogP contribution in [0.1, 0.15) is 5.56 Å². The Morgan fingerprint density at radius 1 is 1.33 bits per heavy atom. The Bertz CT molecular complexity index is 679. The third-order valence-electron chi connectivity index (χ3n) is 2.27.